The van der Waals surface area contributed by atoms with Crippen molar-refractivity contribution in [1.82, 2.24) is 10.6 Å². The molecule has 0 saturated heterocycles. The van der Waals surface area contributed by atoms with Crippen LogP contribution in [0.1, 0.15) is 19.8 Å². The van der Waals surface area contributed by atoms with E-state index < -0.39 is 29.9 Å². The van der Waals surface area contributed by atoms with Crippen LogP contribution >= 0.6 is 12.6 Å². The fraction of sp³-hybridized carbons (Fsp3) is 0.667. The average molecular weight is 413 g/mol. The van der Waals surface area contributed by atoms with Crippen molar-refractivity contribution in [3.8, 4) is 0 Å². The van der Waals surface area contributed by atoms with Gasteiger partial charge >= 0.3 is 5.97 Å². The Morgan fingerprint density at radius 1 is 1.19 bits per heavy atom. The van der Waals surface area contributed by atoms with Crippen LogP contribution in [0, 0.1) is 0 Å². The highest BCUT2D eigenvalue weighted by atomic mass is 32.1. The molecule has 0 radical (unpaired) electrons. The molecule has 0 aromatic rings. The van der Waals surface area contributed by atoms with E-state index in [1.807, 2.05) is 0 Å². The van der Waals surface area contributed by atoms with Gasteiger partial charge in [0.2, 0.25) is 11.8 Å². The second-order valence-electron chi connectivity index (χ2n) is 4.40. The monoisotopic (exact) mass is 413 g/mol. The zero-order valence-corrected chi connectivity index (χ0v) is 16.9. The van der Waals surface area contributed by atoms with Gasteiger partial charge in [-0.25, -0.2) is 4.79 Å². The summed E-state index contributed by atoms with van der Waals surface area (Å²) in [5, 5.41) is 20.2. The first kappa shape index (κ1) is 32.6. The third-order valence-corrected chi connectivity index (χ3v) is 2.51. The van der Waals surface area contributed by atoms with Gasteiger partial charge in [-0.1, -0.05) is 0 Å². The van der Waals surface area contributed by atoms with Gasteiger partial charge in [-0.05, 0) is 13.3 Å². The number of aliphatic carboxylic acids is 1. The van der Waals surface area contributed by atoms with Gasteiger partial charge in [-0.2, -0.15) is 12.6 Å². The quantitative estimate of drug-likeness (QED) is 0.183. The van der Waals surface area contributed by atoms with Crippen LogP contribution in [0.2, 0.25) is 0 Å². The molecule has 0 fully saturated rings. The molecule has 27 heavy (non-hydrogen) atoms. The maximum atomic E-state index is 11.3. The van der Waals surface area contributed by atoms with Crippen molar-refractivity contribution in [2.45, 2.75) is 31.8 Å². The van der Waals surface area contributed by atoms with E-state index in [0.29, 0.717) is 6.29 Å². The number of carbonyl (C=O) groups is 5. The highest BCUT2D eigenvalue weighted by Gasteiger charge is 2.18. The lowest BCUT2D eigenvalue weighted by Gasteiger charge is -2.12. The lowest BCUT2D eigenvalue weighted by Crippen LogP contribution is -2.46. The van der Waals surface area contributed by atoms with Gasteiger partial charge in [-0.15, -0.1) is 0 Å². The van der Waals surface area contributed by atoms with E-state index in [1.54, 1.807) is 14.2 Å². The standard InChI is InChI=1S/C10H17N3O5S.C2H6O.C2H4O.CH4O/c11-6(4-14)1-2-8(15)12-3-9(16)13-7(5-19)10(17)18;1-3-2;1-2-3;1-2/h4,6-7,19H,1-3,5,11H2,(H,12,15)(H,13,16)(H,17,18);1-2H3;2H,1H3;2H,1H3. The fourth-order valence-electron chi connectivity index (χ4n) is 1.06. The molecule has 6 N–H and O–H groups in total. The van der Waals surface area contributed by atoms with Crippen LogP contribution in [-0.2, 0) is 28.7 Å². The predicted octanol–water partition coefficient (Wildman–Crippen LogP) is -2.02. The van der Waals surface area contributed by atoms with E-state index in [1.165, 1.54) is 6.92 Å². The number of rotatable bonds is 9. The molecule has 0 bridgehead atoms. The first-order valence-electron chi connectivity index (χ1n) is 7.59. The Hall–Kier alpha value is -2.02. The lowest BCUT2D eigenvalue weighted by molar-refractivity contribution is -0.141. The maximum absolute atomic E-state index is 11.3. The summed E-state index contributed by atoms with van der Waals surface area (Å²) in [7, 11) is 4.25. The van der Waals surface area contributed by atoms with Gasteiger partial charge in [0.15, 0.2) is 0 Å². The van der Waals surface area contributed by atoms with Crippen LogP contribution in [0.4, 0.5) is 0 Å². The number of thiol groups is 1. The largest absolute Gasteiger partial charge is 0.480 e. The summed E-state index contributed by atoms with van der Waals surface area (Å²) in [6.45, 7) is 1.10. The van der Waals surface area contributed by atoms with Gasteiger partial charge in [0.05, 0.1) is 12.6 Å². The number of amides is 2. The number of nitrogens with one attached hydrogen (secondary N) is 2. The number of ether oxygens (including phenoxy) is 1. The Morgan fingerprint density at radius 3 is 1.96 bits per heavy atom. The number of nitrogens with two attached hydrogens (primary N) is 1. The molecule has 160 valence electrons. The number of methoxy groups -OCH3 is 1. The molecular weight excluding hydrogens is 382 g/mol. The predicted molar refractivity (Wildman–Crippen MR) is 103 cm³/mol. The van der Waals surface area contributed by atoms with Gasteiger partial charge < -0.3 is 40.9 Å². The van der Waals surface area contributed by atoms with E-state index in [9.17, 15) is 19.2 Å². The zero-order chi connectivity index (χ0) is 22.3. The molecule has 2 atom stereocenters. The lowest BCUT2D eigenvalue weighted by atomic mass is 10.2. The molecule has 0 spiro atoms. The van der Waals surface area contributed by atoms with Crippen molar-refractivity contribution < 1.29 is 38.9 Å². The molecule has 0 aromatic heterocycles. The topological polar surface area (TPSA) is 185 Å². The normalized spacial score (nSPS) is 10.6. The Bertz CT molecular complexity index is 411. The highest BCUT2D eigenvalue weighted by molar-refractivity contribution is 7.80. The van der Waals surface area contributed by atoms with E-state index in [0.717, 1.165) is 13.4 Å². The highest BCUT2D eigenvalue weighted by Crippen LogP contribution is 1.92. The summed E-state index contributed by atoms with van der Waals surface area (Å²) in [5.74, 6) is -2.32. The van der Waals surface area contributed by atoms with Crippen molar-refractivity contribution >= 4 is 43.0 Å². The molecule has 2 unspecified atom stereocenters. The maximum Gasteiger partial charge on any atom is 0.327 e. The van der Waals surface area contributed by atoms with Crippen LogP contribution in [0.3, 0.4) is 0 Å². The second kappa shape index (κ2) is 26.2. The number of carbonyl (C=O) groups excluding carboxylic acids is 4. The summed E-state index contributed by atoms with van der Waals surface area (Å²) in [5.41, 5.74) is 5.29. The summed E-state index contributed by atoms with van der Waals surface area (Å²) < 4.78 is 4.25. The Balaban J connectivity index is -0.000000283. The van der Waals surface area contributed by atoms with Crippen LogP contribution in [0.25, 0.3) is 0 Å². The van der Waals surface area contributed by atoms with Crippen LogP contribution in [-0.4, -0.2) is 86.3 Å². The van der Waals surface area contributed by atoms with E-state index in [2.05, 4.69) is 28.0 Å². The third kappa shape index (κ3) is 29.0. The molecule has 0 rings (SSSR count). The van der Waals surface area contributed by atoms with E-state index >= 15 is 0 Å². The SMILES string of the molecule is CC=O.CO.COC.NC(C=O)CCC(=O)NCC(=O)NC(CS)C(=O)O. The van der Waals surface area contributed by atoms with E-state index in [4.69, 9.17) is 20.7 Å². The number of carboxylic acids is 1. The van der Waals surface area contributed by atoms with Gasteiger partial charge in [-0.3, -0.25) is 9.59 Å². The summed E-state index contributed by atoms with van der Waals surface area (Å²) in [6.07, 6.45) is 1.48. The minimum Gasteiger partial charge on any atom is -0.480 e. The number of aliphatic hydroxyl groups excluding tert-OH is 1. The molecule has 0 saturated carbocycles. The minimum atomic E-state index is -1.20. The van der Waals surface area contributed by atoms with E-state index in [-0.39, 0.29) is 25.1 Å². The smallest absolute Gasteiger partial charge is 0.327 e. The fourth-order valence-corrected chi connectivity index (χ4v) is 1.31. The molecular formula is C15H31N3O8S. The Kier molecular flexibility index (Phi) is 31.7. The first-order chi connectivity index (χ1) is 12.7. The molecule has 2 amide bonds. The van der Waals surface area contributed by atoms with Crippen molar-refractivity contribution in [3.05, 3.63) is 0 Å². The van der Waals surface area contributed by atoms with Crippen LogP contribution < -0.4 is 16.4 Å². The molecule has 0 aliphatic carbocycles. The zero-order valence-electron chi connectivity index (χ0n) is 16.0. The molecule has 12 heteroatoms. The summed E-state index contributed by atoms with van der Waals surface area (Å²) in [4.78, 5) is 52.2. The van der Waals surface area contributed by atoms with Gasteiger partial charge in [0.25, 0.3) is 0 Å². The molecule has 0 aromatic carbocycles. The molecule has 0 heterocycles. The van der Waals surface area contributed by atoms with Gasteiger partial charge in [0.1, 0.15) is 18.6 Å². The molecule has 0 aliphatic rings. The van der Waals surface area contributed by atoms with Crippen molar-refractivity contribution in [1.29, 1.82) is 0 Å². The van der Waals surface area contributed by atoms with Crippen molar-refractivity contribution in [2.24, 2.45) is 5.73 Å². The summed E-state index contributed by atoms with van der Waals surface area (Å²) >= 11 is 3.78. The van der Waals surface area contributed by atoms with Crippen molar-refractivity contribution in [2.75, 3.05) is 33.6 Å². The summed E-state index contributed by atoms with van der Waals surface area (Å²) in [6, 6.07) is -1.81. The Labute approximate surface area is 164 Å². The number of carboxylic acid groups (broad SMARTS) is 1. The first-order valence-corrected chi connectivity index (χ1v) is 8.22. The van der Waals surface area contributed by atoms with Gasteiger partial charge in [0, 0.05) is 33.5 Å². The van der Waals surface area contributed by atoms with Crippen LogP contribution in [0.15, 0.2) is 0 Å². The minimum absolute atomic E-state index is 0.0160. The van der Waals surface area contributed by atoms with Crippen molar-refractivity contribution in [3.63, 3.8) is 0 Å². The van der Waals surface area contributed by atoms with Crippen LogP contribution in [0.5, 0.6) is 0 Å². The number of hydrogen-bond donors (Lipinski definition) is 6. The Morgan fingerprint density at radius 2 is 1.63 bits per heavy atom. The molecule has 0 aliphatic heterocycles. The molecule has 11 nitrogen and oxygen atoms in total. The third-order valence-electron chi connectivity index (χ3n) is 2.14. The number of aliphatic hydroxyl groups is 1. The second-order valence-corrected chi connectivity index (χ2v) is 4.77. The number of hydrogen-bond acceptors (Lipinski definition) is 9. The average Bonchev–Trinajstić information content (AvgIpc) is 2.65. The number of aldehydes is 2.